The van der Waals surface area contributed by atoms with Gasteiger partial charge in [0.05, 0.1) is 16.8 Å². The number of aromatic hydroxyl groups is 1. The van der Waals surface area contributed by atoms with Gasteiger partial charge in [0, 0.05) is 0 Å². The molecule has 8 nitrogen and oxygen atoms in total. The molecule has 1 heterocycles. The van der Waals surface area contributed by atoms with Crippen LogP contribution >= 0.6 is 0 Å². The fourth-order valence-corrected chi connectivity index (χ4v) is 2.25. The number of hydrogen-bond donors (Lipinski definition) is 3. The van der Waals surface area contributed by atoms with Gasteiger partial charge >= 0.3 is 5.97 Å². The second-order valence-corrected chi connectivity index (χ2v) is 5.46. The van der Waals surface area contributed by atoms with Crippen LogP contribution in [0.5, 0.6) is 5.75 Å². The fourth-order valence-electron chi connectivity index (χ4n) is 1.69. The topological polar surface area (TPSA) is 130 Å². The number of aryl methyl sites for hydroxylation is 1. The molecule has 20 heavy (non-hydrogen) atoms. The van der Waals surface area contributed by atoms with E-state index in [1.807, 2.05) is 0 Å². The van der Waals surface area contributed by atoms with Crippen LogP contribution in [-0.2, 0) is 10.1 Å². The fraction of sp³-hybridized carbons (Fsp3) is 0.0909. The maximum atomic E-state index is 11.0. The van der Waals surface area contributed by atoms with E-state index in [4.69, 9.17) is 9.66 Å². The summed E-state index contributed by atoms with van der Waals surface area (Å²) < 4.78 is 32.0. The zero-order valence-electron chi connectivity index (χ0n) is 10.2. The lowest BCUT2D eigenvalue weighted by Crippen LogP contribution is -2.04. The summed E-state index contributed by atoms with van der Waals surface area (Å²) in [5.41, 5.74) is 0.294. The first-order valence-corrected chi connectivity index (χ1v) is 6.74. The Kier molecular flexibility index (Phi) is 3.24. The smallest absolute Gasteiger partial charge is 0.360 e. The van der Waals surface area contributed by atoms with Crippen LogP contribution in [-0.4, -0.2) is 38.9 Å². The van der Waals surface area contributed by atoms with Gasteiger partial charge in [-0.1, -0.05) is 0 Å². The van der Waals surface area contributed by atoms with Gasteiger partial charge in [-0.3, -0.25) is 4.55 Å². The molecule has 106 valence electrons. The Labute approximate surface area is 113 Å². The summed E-state index contributed by atoms with van der Waals surface area (Å²) in [6.07, 6.45) is 1.10. The molecule has 0 amide bonds. The molecule has 0 fully saturated rings. The molecule has 2 rings (SSSR count). The highest BCUT2D eigenvalue weighted by atomic mass is 32.2. The van der Waals surface area contributed by atoms with E-state index in [1.54, 1.807) is 6.92 Å². The molecule has 2 aromatic rings. The van der Waals surface area contributed by atoms with Crippen molar-refractivity contribution in [3.05, 3.63) is 35.7 Å². The molecule has 0 aliphatic rings. The van der Waals surface area contributed by atoms with Gasteiger partial charge in [0.1, 0.15) is 0 Å². The van der Waals surface area contributed by atoms with Gasteiger partial charge < -0.3 is 10.2 Å². The molecular weight excluding hydrogens is 288 g/mol. The minimum atomic E-state index is -4.31. The summed E-state index contributed by atoms with van der Waals surface area (Å²) >= 11 is 0. The Bertz CT molecular complexity index is 793. The van der Waals surface area contributed by atoms with Gasteiger partial charge in [0.15, 0.2) is 5.75 Å². The summed E-state index contributed by atoms with van der Waals surface area (Å²) in [6.45, 7) is 1.56. The quantitative estimate of drug-likeness (QED) is 0.715. The van der Waals surface area contributed by atoms with Gasteiger partial charge in [-0.25, -0.2) is 9.48 Å². The molecule has 9 heteroatoms. The minimum Gasteiger partial charge on any atom is -0.504 e. The highest BCUT2D eigenvalue weighted by Gasteiger charge is 2.17. The van der Waals surface area contributed by atoms with Crippen LogP contribution in [0.1, 0.15) is 16.1 Å². The van der Waals surface area contributed by atoms with Gasteiger partial charge in [0.2, 0.25) is 5.69 Å². The van der Waals surface area contributed by atoms with E-state index in [1.165, 1.54) is 12.1 Å². The lowest BCUT2D eigenvalue weighted by atomic mass is 10.2. The Morgan fingerprint density at radius 1 is 1.35 bits per heavy atom. The van der Waals surface area contributed by atoms with Crippen molar-refractivity contribution in [2.45, 2.75) is 11.8 Å². The molecule has 0 radical (unpaired) electrons. The van der Waals surface area contributed by atoms with Gasteiger partial charge in [0.25, 0.3) is 10.1 Å². The lowest BCUT2D eigenvalue weighted by Gasteiger charge is -2.06. The maximum Gasteiger partial charge on any atom is 0.360 e. The zero-order valence-corrected chi connectivity index (χ0v) is 11.0. The second-order valence-electron chi connectivity index (χ2n) is 4.04. The van der Waals surface area contributed by atoms with Crippen molar-refractivity contribution < 1.29 is 28.0 Å². The van der Waals surface area contributed by atoms with Crippen LogP contribution in [0.3, 0.4) is 0 Å². The normalized spacial score (nSPS) is 11.5. The third-order valence-electron chi connectivity index (χ3n) is 2.61. The van der Waals surface area contributed by atoms with Crippen molar-refractivity contribution in [3.8, 4) is 11.4 Å². The first-order chi connectivity index (χ1) is 9.20. The van der Waals surface area contributed by atoms with Crippen molar-refractivity contribution >= 4 is 16.1 Å². The summed E-state index contributed by atoms with van der Waals surface area (Å²) in [5, 5.41) is 21.9. The minimum absolute atomic E-state index is 0.284. The van der Waals surface area contributed by atoms with Crippen LogP contribution in [0.15, 0.2) is 29.3 Å². The Hall–Kier alpha value is -2.39. The number of carboxylic acids is 1. The Morgan fingerprint density at radius 2 is 2.00 bits per heavy atom. The molecule has 0 aliphatic heterocycles. The standard InChI is InChI=1S/C11H10N2O6S/c1-6-4-7(20(17,18)19)2-3-8(6)13-5-9(14)10(12-13)11(15)16/h2-5,14H,1H3,(H,15,16)(H,17,18,19). The predicted octanol–water partition coefficient (Wildman–Crippen LogP) is 0.831. The molecule has 0 aliphatic carbocycles. The van der Waals surface area contributed by atoms with E-state index in [0.717, 1.165) is 16.9 Å². The number of carbonyl (C=O) groups is 1. The number of carboxylic acid groups (broad SMARTS) is 1. The maximum absolute atomic E-state index is 11.0. The third-order valence-corrected chi connectivity index (χ3v) is 3.46. The zero-order chi connectivity index (χ0) is 15.1. The van der Waals surface area contributed by atoms with E-state index in [0.29, 0.717) is 11.3 Å². The number of rotatable bonds is 3. The van der Waals surface area contributed by atoms with Crippen LogP contribution in [0.25, 0.3) is 5.69 Å². The number of aromatic carboxylic acids is 1. The van der Waals surface area contributed by atoms with Crippen molar-refractivity contribution in [1.82, 2.24) is 9.78 Å². The highest BCUT2D eigenvalue weighted by Crippen LogP contribution is 2.22. The third kappa shape index (κ3) is 2.49. The molecule has 0 atom stereocenters. The van der Waals surface area contributed by atoms with Crippen LogP contribution < -0.4 is 0 Å². The van der Waals surface area contributed by atoms with Gasteiger partial charge in [-0.15, -0.1) is 0 Å². The summed E-state index contributed by atoms with van der Waals surface area (Å²) in [5.74, 6) is -1.88. The van der Waals surface area contributed by atoms with Crippen molar-refractivity contribution in [3.63, 3.8) is 0 Å². The Morgan fingerprint density at radius 3 is 2.45 bits per heavy atom. The van der Waals surface area contributed by atoms with E-state index in [-0.39, 0.29) is 4.90 Å². The number of nitrogens with zero attached hydrogens (tertiary/aromatic N) is 2. The van der Waals surface area contributed by atoms with E-state index >= 15 is 0 Å². The summed E-state index contributed by atoms with van der Waals surface area (Å²) in [4.78, 5) is 10.5. The summed E-state index contributed by atoms with van der Waals surface area (Å²) in [6, 6.07) is 3.71. The number of benzene rings is 1. The van der Waals surface area contributed by atoms with Crippen LogP contribution in [0.2, 0.25) is 0 Å². The van der Waals surface area contributed by atoms with Crippen molar-refractivity contribution in [1.29, 1.82) is 0 Å². The van der Waals surface area contributed by atoms with Gasteiger partial charge in [-0.2, -0.15) is 13.5 Å². The largest absolute Gasteiger partial charge is 0.504 e. The molecular formula is C11H10N2O6S. The molecule has 0 unspecified atom stereocenters. The van der Waals surface area contributed by atoms with E-state index < -0.39 is 27.5 Å². The van der Waals surface area contributed by atoms with Gasteiger partial charge in [-0.05, 0) is 30.7 Å². The monoisotopic (exact) mass is 298 g/mol. The molecule has 0 saturated carbocycles. The molecule has 0 spiro atoms. The molecule has 0 bridgehead atoms. The highest BCUT2D eigenvalue weighted by molar-refractivity contribution is 7.85. The SMILES string of the molecule is Cc1cc(S(=O)(=O)O)ccc1-n1cc(O)c(C(=O)O)n1. The average Bonchev–Trinajstić information content (AvgIpc) is 2.69. The predicted molar refractivity (Wildman–Crippen MR) is 66.7 cm³/mol. The molecule has 3 N–H and O–H groups in total. The molecule has 1 aromatic carbocycles. The summed E-state index contributed by atoms with van der Waals surface area (Å²) in [7, 11) is -4.31. The van der Waals surface area contributed by atoms with Crippen molar-refractivity contribution in [2.75, 3.05) is 0 Å². The Balaban J connectivity index is 2.54. The van der Waals surface area contributed by atoms with Crippen LogP contribution in [0, 0.1) is 6.92 Å². The van der Waals surface area contributed by atoms with E-state index in [2.05, 4.69) is 5.10 Å². The van der Waals surface area contributed by atoms with E-state index in [9.17, 15) is 18.3 Å². The first kappa shape index (κ1) is 14.0. The van der Waals surface area contributed by atoms with Crippen molar-refractivity contribution in [2.24, 2.45) is 0 Å². The first-order valence-electron chi connectivity index (χ1n) is 5.30. The molecule has 1 aromatic heterocycles. The molecule has 0 saturated heterocycles. The number of hydrogen-bond acceptors (Lipinski definition) is 5. The van der Waals surface area contributed by atoms with Crippen LogP contribution in [0.4, 0.5) is 0 Å². The average molecular weight is 298 g/mol. The number of aromatic nitrogens is 2. The second kappa shape index (κ2) is 4.62. The lowest BCUT2D eigenvalue weighted by molar-refractivity contribution is 0.0687.